The van der Waals surface area contributed by atoms with Crippen LogP contribution in [0.5, 0.6) is 0 Å². The monoisotopic (exact) mass is 112 g/mol. The summed E-state index contributed by atoms with van der Waals surface area (Å²) < 4.78 is 12.0. The van der Waals surface area contributed by atoms with Gasteiger partial charge in [0.25, 0.3) is 0 Å². The third-order valence-corrected chi connectivity index (χ3v) is 0.675. The third-order valence-electron chi connectivity index (χ3n) is 0.675. The highest BCUT2D eigenvalue weighted by molar-refractivity contribution is 5.08. The predicted molar refractivity (Wildman–Crippen MR) is 34.2 cm³/mol. The molecule has 1 heteroatoms. The molecule has 0 spiro atoms. The van der Waals surface area contributed by atoms with Gasteiger partial charge in [0.1, 0.15) is 5.83 Å². The first-order valence-electron chi connectivity index (χ1n) is 2.40. The van der Waals surface area contributed by atoms with Gasteiger partial charge in [-0.3, -0.25) is 0 Å². The molecule has 0 saturated heterocycles. The Hall–Kier alpha value is -0.850. The Bertz CT molecular complexity index is 112. The van der Waals surface area contributed by atoms with E-state index in [1.807, 2.05) is 0 Å². The number of rotatable bonds is 3. The highest BCUT2D eigenvalue weighted by Gasteiger charge is 1.78. The highest BCUT2D eigenvalue weighted by atomic mass is 19.1. The summed E-state index contributed by atoms with van der Waals surface area (Å²) in [4.78, 5) is 0. The van der Waals surface area contributed by atoms with Crippen molar-refractivity contribution in [2.45, 2.75) is 6.42 Å². The molecular formula is C7H9F. The van der Waals surface area contributed by atoms with Crippen molar-refractivity contribution in [1.29, 1.82) is 0 Å². The molecule has 0 fully saturated rings. The minimum absolute atomic E-state index is 0.287. The van der Waals surface area contributed by atoms with Crippen LogP contribution in [0.15, 0.2) is 37.2 Å². The molecule has 0 heterocycles. The summed E-state index contributed by atoms with van der Waals surface area (Å²) in [6.45, 7) is 6.66. The lowest BCUT2D eigenvalue weighted by atomic mass is 10.3. The van der Waals surface area contributed by atoms with Crippen molar-refractivity contribution in [2.24, 2.45) is 0 Å². The first-order chi connectivity index (χ1) is 3.81. The van der Waals surface area contributed by atoms with Crippen LogP contribution in [-0.2, 0) is 0 Å². The normalized spacial score (nSPS) is 10.9. The highest BCUT2D eigenvalue weighted by Crippen LogP contribution is 1.97. The van der Waals surface area contributed by atoms with Crippen molar-refractivity contribution in [1.82, 2.24) is 0 Å². The van der Waals surface area contributed by atoms with Crippen molar-refractivity contribution >= 4 is 0 Å². The molecule has 44 valence electrons. The molecule has 0 rings (SSSR count). The third kappa shape index (κ3) is 3.34. The van der Waals surface area contributed by atoms with Gasteiger partial charge in [0, 0.05) is 0 Å². The van der Waals surface area contributed by atoms with Gasteiger partial charge in [-0.15, -0.1) is 6.58 Å². The smallest absolute Gasteiger partial charge is 0.118 e. The van der Waals surface area contributed by atoms with Crippen LogP contribution in [0, 0.1) is 0 Å². The molecule has 0 aliphatic carbocycles. The van der Waals surface area contributed by atoms with E-state index in [9.17, 15) is 4.39 Å². The fraction of sp³-hybridized carbons (Fsp3) is 0.143. The molecule has 0 aromatic carbocycles. The van der Waals surface area contributed by atoms with E-state index in [2.05, 4.69) is 13.2 Å². The zero-order valence-corrected chi connectivity index (χ0v) is 4.73. The summed E-state index contributed by atoms with van der Waals surface area (Å²) in [6.07, 6.45) is 4.78. The van der Waals surface area contributed by atoms with Crippen LogP contribution in [0.2, 0.25) is 0 Å². The van der Waals surface area contributed by atoms with Crippen LogP contribution in [0.4, 0.5) is 4.39 Å². The van der Waals surface area contributed by atoms with Crippen LogP contribution in [0.25, 0.3) is 0 Å². The van der Waals surface area contributed by atoms with E-state index in [1.165, 1.54) is 12.2 Å². The van der Waals surface area contributed by atoms with Crippen LogP contribution >= 0.6 is 0 Å². The molecule has 0 unspecified atom stereocenters. The molecular weight excluding hydrogens is 103 g/mol. The zero-order valence-electron chi connectivity index (χ0n) is 4.73. The second-order valence-corrected chi connectivity index (χ2v) is 1.32. The van der Waals surface area contributed by atoms with E-state index in [4.69, 9.17) is 0 Å². The number of hydrogen-bond donors (Lipinski definition) is 0. The molecule has 0 aliphatic heterocycles. The molecule has 0 aliphatic rings. The second-order valence-electron chi connectivity index (χ2n) is 1.32. The van der Waals surface area contributed by atoms with Gasteiger partial charge >= 0.3 is 0 Å². The maximum absolute atomic E-state index is 12.0. The van der Waals surface area contributed by atoms with Crippen molar-refractivity contribution in [3.63, 3.8) is 0 Å². The summed E-state index contributed by atoms with van der Waals surface area (Å²) in [5.41, 5.74) is 0. The van der Waals surface area contributed by atoms with E-state index >= 15 is 0 Å². The number of allylic oxidation sites excluding steroid dienone is 4. The van der Waals surface area contributed by atoms with Crippen molar-refractivity contribution in [2.75, 3.05) is 0 Å². The van der Waals surface area contributed by atoms with Crippen LogP contribution in [0.1, 0.15) is 6.42 Å². The van der Waals surface area contributed by atoms with E-state index < -0.39 is 0 Å². The average molecular weight is 112 g/mol. The minimum atomic E-state index is -0.287. The first-order valence-corrected chi connectivity index (χ1v) is 2.40. The van der Waals surface area contributed by atoms with Gasteiger partial charge in [-0.25, -0.2) is 4.39 Å². The number of hydrogen-bond acceptors (Lipinski definition) is 0. The average Bonchev–Trinajstić information content (AvgIpc) is 1.83. The molecule has 0 aromatic rings. The fourth-order valence-electron chi connectivity index (χ4n) is 0.279. The van der Waals surface area contributed by atoms with Gasteiger partial charge in [0.2, 0.25) is 0 Å². The molecule has 0 saturated carbocycles. The van der Waals surface area contributed by atoms with Crippen molar-refractivity contribution < 1.29 is 4.39 Å². The molecule has 0 bridgehead atoms. The Morgan fingerprint density at radius 3 is 2.50 bits per heavy atom. The van der Waals surface area contributed by atoms with Gasteiger partial charge in [0.15, 0.2) is 0 Å². The number of halogens is 1. The molecule has 8 heavy (non-hydrogen) atoms. The molecule has 0 nitrogen and oxygen atoms in total. The summed E-state index contributed by atoms with van der Waals surface area (Å²) in [7, 11) is 0. The Kier molecular flexibility index (Phi) is 3.85. The van der Waals surface area contributed by atoms with Gasteiger partial charge in [0.05, 0.1) is 0 Å². The fourth-order valence-corrected chi connectivity index (χ4v) is 0.279. The van der Waals surface area contributed by atoms with Gasteiger partial charge < -0.3 is 0 Å². The van der Waals surface area contributed by atoms with Crippen LogP contribution in [-0.4, -0.2) is 0 Å². The lowest BCUT2D eigenvalue weighted by Crippen LogP contribution is -1.61. The largest absolute Gasteiger partial charge is 0.207 e. The van der Waals surface area contributed by atoms with E-state index in [0.717, 1.165) is 0 Å². The van der Waals surface area contributed by atoms with Gasteiger partial charge in [-0.2, -0.15) is 0 Å². The van der Waals surface area contributed by atoms with Gasteiger partial charge in [-0.1, -0.05) is 12.7 Å². The van der Waals surface area contributed by atoms with Crippen molar-refractivity contribution in [3.05, 3.63) is 37.2 Å². The van der Waals surface area contributed by atoms with Crippen LogP contribution in [0.3, 0.4) is 0 Å². The maximum Gasteiger partial charge on any atom is 0.118 e. The van der Waals surface area contributed by atoms with E-state index in [1.54, 1.807) is 6.08 Å². The minimum Gasteiger partial charge on any atom is -0.207 e. The molecule has 0 atom stereocenters. The standard InChI is InChI=1S/C7H9F/c1-3-5-6-7(8)4-2/h3-4,6H,1-2,5H2. The Morgan fingerprint density at radius 2 is 2.12 bits per heavy atom. The summed E-state index contributed by atoms with van der Waals surface area (Å²) in [5.74, 6) is -0.287. The summed E-state index contributed by atoms with van der Waals surface area (Å²) in [6, 6.07) is 0. The predicted octanol–water partition coefficient (Wildman–Crippen LogP) is 2.60. The molecule has 0 aromatic heterocycles. The Labute approximate surface area is 49.0 Å². The molecule has 0 N–H and O–H groups in total. The zero-order chi connectivity index (χ0) is 6.41. The lowest BCUT2D eigenvalue weighted by molar-refractivity contribution is 0.663. The maximum atomic E-state index is 12.0. The molecule has 0 amide bonds. The summed E-state index contributed by atoms with van der Waals surface area (Å²) in [5, 5.41) is 0. The Morgan fingerprint density at radius 1 is 1.50 bits per heavy atom. The SMILES string of the molecule is C=CCC=C(F)C=C. The molecule has 0 radical (unpaired) electrons. The van der Waals surface area contributed by atoms with Gasteiger partial charge in [-0.05, 0) is 18.6 Å². The topological polar surface area (TPSA) is 0 Å². The lowest BCUT2D eigenvalue weighted by Gasteiger charge is -1.80. The summed E-state index contributed by atoms with van der Waals surface area (Å²) >= 11 is 0. The first kappa shape index (κ1) is 7.15. The van der Waals surface area contributed by atoms with Crippen molar-refractivity contribution in [3.8, 4) is 0 Å². The second kappa shape index (κ2) is 4.31. The Balaban J connectivity index is 3.56. The van der Waals surface area contributed by atoms with Crippen LogP contribution < -0.4 is 0 Å². The van der Waals surface area contributed by atoms with E-state index in [-0.39, 0.29) is 5.83 Å². The quantitative estimate of drug-likeness (QED) is 0.389. The van der Waals surface area contributed by atoms with E-state index in [0.29, 0.717) is 6.42 Å².